The first kappa shape index (κ1) is 14.6. The van der Waals surface area contributed by atoms with Gasteiger partial charge in [-0.15, -0.1) is 11.8 Å². The van der Waals surface area contributed by atoms with Crippen LogP contribution in [-0.2, 0) is 4.84 Å². The number of aliphatic imine (C=N–C) groups is 1. The molecule has 3 nitrogen and oxygen atoms in total. The van der Waals surface area contributed by atoms with Gasteiger partial charge in [0.25, 0.3) is 0 Å². The molecule has 0 aliphatic heterocycles. The van der Waals surface area contributed by atoms with Gasteiger partial charge in [-0.1, -0.05) is 30.1 Å². The lowest BCUT2D eigenvalue weighted by molar-refractivity contribution is 0.100. The van der Waals surface area contributed by atoms with E-state index in [1.165, 1.54) is 6.34 Å². The number of hydrogen-bond donors (Lipinski definition) is 1. The molecule has 0 radical (unpaired) electrons. The van der Waals surface area contributed by atoms with Gasteiger partial charge in [0.1, 0.15) is 6.34 Å². The van der Waals surface area contributed by atoms with Crippen molar-refractivity contribution in [3.63, 3.8) is 0 Å². The molecular formula is C11H14Cl2N2OS. The van der Waals surface area contributed by atoms with Crippen LogP contribution in [0.4, 0.5) is 5.69 Å². The van der Waals surface area contributed by atoms with Crippen molar-refractivity contribution < 1.29 is 4.84 Å². The maximum Gasteiger partial charge on any atom is 0.113 e. The molecule has 1 aromatic rings. The quantitative estimate of drug-likeness (QED) is 0.279. The molecule has 0 bridgehead atoms. The summed E-state index contributed by atoms with van der Waals surface area (Å²) in [5, 5.41) is 1.24. The van der Waals surface area contributed by atoms with Crippen molar-refractivity contribution in [3.8, 4) is 0 Å². The molecule has 94 valence electrons. The molecular weight excluding hydrogens is 279 g/mol. The molecule has 0 saturated heterocycles. The number of benzene rings is 1. The lowest BCUT2D eigenvalue weighted by atomic mass is 10.3. The van der Waals surface area contributed by atoms with Crippen molar-refractivity contribution in [2.45, 2.75) is 18.7 Å². The van der Waals surface area contributed by atoms with Gasteiger partial charge in [-0.25, -0.2) is 4.99 Å². The normalized spacial score (nSPS) is 11.1. The van der Waals surface area contributed by atoms with E-state index in [0.717, 1.165) is 10.6 Å². The van der Waals surface area contributed by atoms with Crippen LogP contribution in [0.15, 0.2) is 22.0 Å². The Balaban J connectivity index is 2.79. The third-order valence-corrected chi connectivity index (χ3v) is 3.60. The van der Waals surface area contributed by atoms with E-state index in [0.29, 0.717) is 22.3 Å². The number of nitrogens with zero attached hydrogens (tertiary/aromatic N) is 1. The van der Waals surface area contributed by atoms with Crippen molar-refractivity contribution >= 4 is 47.0 Å². The molecule has 0 aliphatic carbocycles. The summed E-state index contributed by atoms with van der Waals surface area (Å²) in [5.41, 5.74) is 3.27. The van der Waals surface area contributed by atoms with Gasteiger partial charge in [0.05, 0.1) is 22.3 Å². The number of rotatable bonds is 6. The Morgan fingerprint density at radius 3 is 2.53 bits per heavy atom. The van der Waals surface area contributed by atoms with Gasteiger partial charge in [0.15, 0.2) is 0 Å². The van der Waals surface area contributed by atoms with Crippen LogP contribution < -0.4 is 5.48 Å². The fourth-order valence-electron chi connectivity index (χ4n) is 1.12. The molecule has 1 aromatic carbocycles. The lowest BCUT2D eigenvalue weighted by Crippen LogP contribution is -2.10. The zero-order chi connectivity index (χ0) is 12.7. The van der Waals surface area contributed by atoms with Crippen molar-refractivity contribution in [2.75, 3.05) is 12.4 Å². The van der Waals surface area contributed by atoms with Crippen molar-refractivity contribution in [2.24, 2.45) is 4.99 Å². The van der Waals surface area contributed by atoms with E-state index in [1.807, 2.05) is 6.92 Å². The number of halogens is 2. The first-order chi connectivity index (χ1) is 8.19. The minimum absolute atomic E-state index is 0.569. The van der Waals surface area contributed by atoms with E-state index in [2.05, 4.69) is 17.4 Å². The molecule has 0 amide bonds. The van der Waals surface area contributed by atoms with E-state index in [1.54, 1.807) is 23.9 Å². The highest BCUT2D eigenvalue weighted by molar-refractivity contribution is 7.99. The monoisotopic (exact) mass is 292 g/mol. The highest BCUT2D eigenvalue weighted by atomic mass is 35.5. The summed E-state index contributed by atoms with van der Waals surface area (Å²) < 4.78 is 0. The zero-order valence-corrected chi connectivity index (χ0v) is 12.0. The van der Waals surface area contributed by atoms with Crippen LogP contribution in [0.1, 0.15) is 13.8 Å². The first-order valence-electron chi connectivity index (χ1n) is 5.20. The first-order valence-corrected chi connectivity index (χ1v) is 6.94. The standard InChI is InChI=1S/C11H14Cl2N2OS/c1-3-16-15-7-14-8-5-9(12)11(17-4-2)10(13)6-8/h5-7H,3-4H2,1-2H3,(H,14,15). The molecule has 0 heterocycles. The Morgan fingerprint density at radius 2 is 2.00 bits per heavy atom. The van der Waals surface area contributed by atoms with Gasteiger partial charge in [-0.05, 0) is 24.8 Å². The number of hydroxylamine groups is 1. The van der Waals surface area contributed by atoms with Crippen LogP contribution in [-0.4, -0.2) is 18.7 Å². The summed E-state index contributed by atoms with van der Waals surface area (Å²) in [4.78, 5) is 9.93. The predicted molar refractivity (Wildman–Crippen MR) is 75.8 cm³/mol. The fraction of sp³-hybridized carbons (Fsp3) is 0.364. The Labute approximate surface area is 115 Å². The number of hydrogen-bond acceptors (Lipinski definition) is 3. The van der Waals surface area contributed by atoms with Gasteiger partial charge in [0.2, 0.25) is 0 Å². The van der Waals surface area contributed by atoms with Crippen LogP contribution in [0.5, 0.6) is 0 Å². The Morgan fingerprint density at radius 1 is 1.35 bits per heavy atom. The molecule has 0 saturated carbocycles. The number of thioether (sulfide) groups is 1. The topological polar surface area (TPSA) is 33.6 Å². The largest absolute Gasteiger partial charge is 0.276 e. The Bertz CT molecular complexity index is 376. The van der Waals surface area contributed by atoms with Crippen molar-refractivity contribution in [1.29, 1.82) is 0 Å². The highest BCUT2D eigenvalue weighted by Gasteiger charge is 2.07. The molecule has 0 fully saturated rings. The Hall–Kier alpha value is -0.420. The molecule has 0 spiro atoms. The molecule has 6 heteroatoms. The van der Waals surface area contributed by atoms with Crippen LogP contribution >= 0.6 is 35.0 Å². The van der Waals surface area contributed by atoms with E-state index in [9.17, 15) is 0 Å². The second-order valence-corrected chi connectivity index (χ2v) is 5.07. The second-order valence-electron chi connectivity index (χ2n) is 2.98. The van der Waals surface area contributed by atoms with Crippen LogP contribution in [0.2, 0.25) is 10.0 Å². The molecule has 1 N–H and O–H groups in total. The lowest BCUT2D eigenvalue weighted by Gasteiger charge is -2.06. The molecule has 1 rings (SSSR count). The molecule has 0 unspecified atom stereocenters. The third-order valence-electron chi connectivity index (χ3n) is 1.77. The predicted octanol–water partition coefficient (Wildman–Crippen LogP) is 4.31. The van der Waals surface area contributed by atoms with Crippen LogP contribution in [0.25, 0.3) is 0 Å². The zero-order valence-electron chi connectivity index (χ0n) is 9.67. The second kappa shape index (κ2) is 7.82. The van der Waals surface area contributed by atoms with Crippen LogP contribution in [0.3, 0.4) is 0 Å². The molecule has 0 atom stereocenters. The van der Waals surface area contributed by atoms with E-state index in [4.69, 9.17) is 28.0 Å². The summed E-state index contributed by atoms with van der Waals surface area (Å²) in [6.07, 6.45) is 1.46. The summed E-state index contributed by atoms with van der Waals surface area (Å²) in [5.74, 6) is 0.925. The molecule has 0 aliphatic rings. The summed E-state index contributed by atoms with van der Waals surface area (Å²) in [6.45, 7) is 4.50. The fourth-order valence-corrected chi connectivity index (χ4v) is 2.61. The maximum absolute atomic E-state index is 6.12. The van der Waals surface area contributed by atoms with Gasteiger partial charge in [-0.3, -0.25) is 10.3 Å². The minimum Gasteiger partial charge on any atom is -0.276 e. The minimum atomic E-state index is 0.569. The van der Waals surface area contributed by atoms with Gasteiger partial charge < -0.3 is 0 Å². The molecule has 17 heavy (non-hydrogen) atoms. The smallest absolute Gasteiger partial charge is 0.113 e. The maximum atomic E-state index is 6.12. The highest BCUT2D eigenvalue weighted by Crippen LogP contribution is 2.37. The van der Waals surface area contributed by atoms with E-state index < -0.39 is 0 Å². The van der Waals surface area contributed by atoms with Gasteiger partial charge in [-0.2, -0.15) is 0 Å². The number of nitrogens with one attached hydrogen (secondary N) is 1. The van der Waals surface area contributed by atoms with Crippen molar-refractivity contribution in [3.05, 3.63) is 22.2 Å². The average Bonchev–Trinajstić information content (AvgIpc) is 2.29. The summed E-state index contributed by atoms with van der Waals surface area (Å²) >= 11 is 13.9. The third kappa shape index (κ3) is 4.76. The summed E-state index contributed by atoms with van der Waals surface area (Å²) in [7, 11) is 0. The summed E-state index contributed by atoms with van der Waals surface area (Å²) in [6, 6.07) is 3.55. The SMILES string of the molecule is CCONC=Nc1cc(Cl)c(SCC)c(Cl)c1. The van der Waals surface area contributed by atoms with Crippen molar-refractivity contribution in [1.82, 2.24) is 5.48 Å². The van der Waals surface area contributed by atoms with Gasteiger partial charge >= 0.3 is 0 Å². The van der Waals surface area contributed by atoms with E-state index >= 15 is 0 Å². The van der Waals surface area contributed by atoms with E-state index in [-0.39, 0.29) is 0 Å². The van der Waals surface area contributed by atoms with Gasteiger partial charge in [0, 0.05) is 4.90 Å². The van der Waals surface area contributed by atoms with Crippen LogP contribution in [0, 0.1) is 0 Å². The average molecular weight is 293 g/mol. The molecule has 0 aromatic heterocycles. The Kier molecular flexibility index (Phi) is 6.73.